The van der Waals surface area contributed by atoms with E-state index in [1.54, 1.807) is 11.0 Å². The van der Waals surface area contributed by atoms with Crippen molar-refractivity contribution in [1.29, 1.82) is 0 Å². The van der Waals surface area contributed by atoms with Crippen molar-refractivity contribution in [3.8, 4) is 17.2 Å². The van der Waals surface area contributed by atoms with E-state index < -0.39 is 0 Å². The number of hydrogen-bond acceptors (Lipinski definition) is 7. The van der Waals surface area contributed by atoms with Gasteiger partial charge in [-0.1, -0.05) is 11.6 Å². The van der Waals surface area contributed by atoms with Gasteiger partial charge in [0.15, 0.2) is 5.65 Å². The zero-order valence-electron chi connectivity index (χ0n) is 17.9. The minimum Gasteiger partial charge on any atom is -0.456 e. The molecule has 1 aliphatic heterocycles. The molecule has 5 aromatic rings. The first-order chi connectivity index (χ1) is 16.1. The predicted octanol–water partition coefficient (Wildman–Crippen LogP) is 4.15. The molecule has 33 heavy (non-hydrogen) atoms. The van der Waals surface area contributed by atoms with E-state index in [2.05, 4.69) is 20.3 Å². The molecule has 4 heterocycles. The van der Waals surface area contributed by atoms with E-state index in [0.29, 0.717) is 28.0 Å². The number of nitrogen functional groups attached to an aromatic ring is 1. The minimum absolute atomic E-state index is 0.127. The van der Waals surface area contributed by atoms with Gasteiger partial charge in [-0.3, -0.25) is 0 Å². The summed E-state index contributed by atoms with van der Waals surface area (Å²) in [4.78, 5) is 13.0. The molecule has 166 valence electrons. The van der Waals surface area contributed by atoms with Crippen molar-refractivity contribution in [2.24, 2.45) is 7.05 Å². The molecule has 1 saturated heterocycles. The largest absolute Gasteiger partial charge is 0.456 e. The SMILES string of the molecule is Cn1cnc2cc(Oc3ccc(-n4nc([C@@H]5CCCN5)c5c(N)ncnc54)cc3Cl)ccc21. The quantitative estimate of drug-likeness (QED) is 0.414. The number of imidazole rings is 1. The number of ether oxygens (including phenoxy) is 1. The summed E-state index contributed by atoms with van der Waals surface area (Å²) in [5, 5.41) is 9.57. The molecule has 3 N–H and O–H groups in total. The van der Waals surface area contributed by atoms with Gasteiger partial charge in [-0.05, 0) is 49.7 Å². The van der Waals surface area contributed by atoms with E-state index in [1.807, 2.05) is 48.0 Å². The van der Waals surface area contributed by atoms with E-state index >= 15 is 0 Å². The maximum Gasteiger partial charge on any atom is 0.168 e. The molecule has 9 nitrogen and oxygen atoms in total. The van der Waals surface area contributed by atoms with Crippen molar-refractivity contribution >= 4 is 39.5 Å². The number of halogens is 1. The highest BCUT2D eigenvalue weighted by Crippen LogP contribution is 2.35. The van der Waals surface area contributed by atoms with E-state index in [0.717, 1.165) is 47.2 Å². The van der Waals surface area contributed by atoms with Crippen LogP contribution in [0.1, 0.15) is 24.6 Å². The second-order valence-electron chi connectivity index (χ2n) is 8.13. The minimum atomic E-state index is 0.127. The fourth-order valence-corrected chi connectivity index (χ4v) is 4.57. The van der Waals surface area contributed by atoms with Crippen molar-refractivity contribution in [1.82, 2.24) is 34.6 Å². The van der Waals surface area contributed by atoms with Crippen LogP contribution in [-0.4, -0.2) is 35.8 Å². The summed E-state index contributed by atoms with van der Waals surface area (Å²) >= 11 is 6.61. The predicted molar refractivity (Wildman–Crippen MR) is 127 cm³/mol. The van der Waals surface area contributed by atoms with Crippen LogP contribution in [-0.2, 0) is 7.05 Å². The standard InChI is InChI=1S/C23H21ClN8O/c1-31-12-29-17-10-14(5-6-18(17)31)33-19-7-4-13(9-15(19)24)32-23-20(22(25)27-11-28-23)21(30-32)16-3-2-8-26-16/h4-7,9-12,16,26H,2-3,8H2,1H3,(H2,25,27,28)/t16-/m0/s1. The summed E-state index contributed by atoms with van der Waals surface area (Å²) < 4.78 is 9.77. The smallest absolute Gasteiger partial charge is 0.168 e. The number of nitrogens with one attached hydrogen (secondary N) is 1. The number of rotatable bonds is 4. The zero-order chi connectivity index (χ0) is 22.5. The van der Waals surface area contributed by atoms with Crippen LogP contribution in [0.15, 0.2) is 49.1 Å². The number of fused-ring (bicyclic) bond motifs is 2. The molecule has 0 unspecified atom stereocenters. The summed E-state index contributed by atoms with van der Waals surface area (Å²) in [5.74, 6) is 1.63. The Balaban J connectivity index is 1.37. The summed E-state index contributed by atoms with van der Waals surface area (Å²) in [6.45, 7) is 0.953. The number of hydrogen-bond donors (Lipinski definition) is 2. The van der Waals surface area contributed by atoms with Crippen LogP contribution in [0.2, 0.25) is 5.02 Å². The van der Waals surface area contributed by atoms with Crippen LogP contribution >= 0.6 is 11.6 Å². The third-order valence-corrected chi connectivity index (χ3v) is 6.29. The maximum atomic E-state index is 6.61. The van der Waals surface area contributed by atoms with Crippen LogP contribution < -0.4 is 15.8 Å². The Morgan fingerprint density at radius 1 is 1.15 bits per heavy atom. The van der Waals surface area contributed by atoms with Crippen LogP contribution in [0.4, 0.5) is 5.82 Å². The van der Waals surface area contributed by atoms with Crippen molar-refractivity contribution in [2.45, 2.75) is 18.9 Å². The summed E-state index contributed by atoms with van der Waals surface area (Å²) in [6.07, 6.45) is 5.31. The second-order valence-corrected chi connectivity index (χ2v) is 8.53. The number of aromatic nitrogens is 6. The van der Waals surface area contributed by atoms with Crippen LogP contribution in [0.5, 0.6) is 11.5 Å². The van der Waals surface area contributed by atoms with Crippen molar-refractivity contribution in [3.05, 3.63) is 59.8 Å². The Morgan fingerprint density at radius 3 is 2.88 bits per heavy atom. The molecule has 3 aromatic heterocycles. The molecule has 0 aliphatic carbocycles. The molecule has 1 aliphatic rings. The van der Waals surface area contributed by atoms with Crippen molar-refractivity contribution < 1.29 is 4.74 Å². The highest BCUT2D eigenvalue weighted by atomic mass is 35.5. The van der Waals surface area contributed by atoms with Crippen molar-refractivity contribution in [2.75, 3.05) is 12.3 Å². The lowest BCUT2D eigenvalue weighted by Crippen LogP contribution is -2.14. The van der Waals surface area contributed by atoms with Gasteiger partial charge in [0.05, 0.1) is 45.2 Å². The first kappa shape index (κ1) is 20.0. The molecule has 2 aromatic carbocycles. The van der Waals surface area contributed by atoms with E-state index in [9.17, 15) is 0 Å². The molecular formula is C23H21ClN8O. The fourth-order valence-electron chi connectivity index (χ4n) is 4.35. The Bertz CT molecular complexity index is 1500. The molecule has 0 saturated carbocycles. The highest BCUT2D eigenvalue weighted by molar-refractivity contribution is 6.32. The van der Waals surface area contributed by atoms with Gasteiger partial charge in [0.2, 0.25) is 0 Å². The van der Waals surface area contributed by atoms with Gasteiger partial charge in [0.25, 0.3) is 0 Å². The number of benzene rings is 2. The Kier molecular flexibility index (Phi) is 4.67. The fraction of sp³-hybridized carbons (Fsp3) is 0.217. The van der Waals surface area contributed by atoms with Gasteiger partial charge >= 0.3 is 0 Å². The Hall–Kier alpha value is -3.69. The van der Waals surface area contributed by atoms with Crippen LogP contribution in [0, 0.1) is 0 Å². The van der Waals surface area contributed by atoms with Crippen molar-refractivity contribution in [3.63, 3.8) is 0 Å². The second kappa shape index (κ2) is 7.72. The lowest BCUT2D eigenvalue weighted by atomic mass is 10.1. The molecule has 0 amide bonds. The Labute approximate surface area is 194 Å². The average Bonchev–Trinajstić information content (AvgIpc) is 3.55. The van der Waals surface area contributed by atoms with Gasteiger partial charge < -0.3 is 20.4 Å². The third kappa shape index (κ3) is 3.37. The number of anilines is 1. The summed E-state index contributed by atoms with van der Waals surface area (Å²) in [5.41, 5.74) is 10.4. The zero-order valence-corrected chi connectivity index (χ0v) is 18.6. The molecule has 1 atom stereocenters. The third-order valence-electron chi connectivity index (χ3n) is 6.00. The van der Waals surface area contributed by atoms with E-state index in [4.69, 9.17) is 27.2 Å². The lowest BCUT2D eigenvalue weighted by molar-refractivity contribution is 0.483. The van der Waals surface area contributed by atoms with Gasteiger partial charge in [-0.15, -0.1) is 0 Å². The first-order valence-electron chi connectivity index (χ1n) is 10.7. The van der Waals surface area contributed by atoms with Gasteiger partial charge in [0, 0.05) is 13.1 Å². The monoisotopic (exact) mass is 460 g/mol. The molecule has 0 radical (unpaired) electrons. The number of nitrogens with two attached hydrogens (primary N) is 1. The normalized spacial score (nSPS) is 16.1. The summed E-state index contributed by atoms with van der Waals surface area (Å²) in [6, 6.07) is 11.4. The summed E-state index contributed by atoms with van der Waals surface area (Å²) in [7, 11) is 1.96. The molecular weight excluding hydrogens is 440 g/mol. The number of nitrogens with zero attached hydrogens (tertiary/aromatic N) is 6. The molecule has 6 rings (SSSR count). The molecule has 1 fully saturated rings. The topological polar surface area (TPSA) is 109 Å². The lowest BCUT2D eigenvalue weighted by Gasteiger charge is -2.10. The Morgan fingerprint density at radius 2 is 2.06 bits per heavy atom. The van der Waals surface area contributed by atoms with E-state index in [1.165, 1.54) is 6.33 Å². The van der Waals surface area contributed by atoms with E-state index in [-0.39, 0.29) is 6.04 Å². The maximum absolute atomic E-state index is 6.61. The van der Waals surface area contributed by atoms with Crippen LogP contribution in [0.3, 0.4) is 0 Å². The average molecular weight is 461 g/mol. The van der Waals surface area contributed by atoms with Crippen LogP contribution in [0.25, 0.3) is 27.8 Å². The number of aryl methyl sites for hydroxylation is 1. The molecule has 0 bridgehead atoms. The molecule has 10 heteroatoms. The molecule has 0 spiro atoms. The van der Waals surface area contributed by atoms with Gasteiger partial charge in [0.1, 0.15) is 23.6 Å². The van der Waals surface area contributed by atoms with Gasteiger partial charge in [-0.2, -0.15) is 5.10 Å². The van der Waals surface area contributed by atoms with Gasteiger partial charge in [-0.25, -0.2) is 19.6 Å². The highest BCUT2D eigenvalue weighted by Gasteiger charge is 2.26. The first-order valence-corrected chi connectivity index (χ1v) is 11.1.